The van der Waals surface area contributed by atoms with Crippen LogP contribution in [-0.2, 0) is 6.54 Å². The second-order valence-electron chi connectivity index (χ2n) is 5.96. The number of hydrogen-bond acceptors (Lipinski definition) is 2. The largest absolute Gasteiger partial charge is 0.381 e. The van der Waals surface area contributed by atoms with Gasteiger partial charge in [0.1, 0.15) is 0 Å². The molecular weight excluding hydrogens is 292 g/mol. The van der Waals surface area contributed by atoms with Crippen LogP contribution in [0.1, 0.15) is 22.3 Å². The fraction of sp³-hybridized carbons (Fsp3) is 0.136. The van der Waals surface area contributed by atoms with Crippen molar-refractivity contribution in [3.05, 3.63) is 95.1 Å². The smallest absolute Gasteiger partial charge is 0.0688 e. The van der Waals surface area contributed by atoms with Crippen molar-refractivity contribution in [1.29, 1.82) is 0 Å². The number of aliphatic imine (C=N–C) groups is 1. The molecule has 3 aromatic rings. The van der Waals surface area contributed by atoms with Crippen molar-refractivity contribution in [2.75, 3.05) is 5.32 Å². The van der Waals surface area contributed by atoms with Gasteiger partial charge in [0.2, 0.25) is 0 Å². The molecule has 3 aromatic carbocycles. The van der Waals surface area contributed by atoms with E-state index in [1.54, 1.807) is 0 Å². The topological polar surface area (TPSA) is 24.4 Å². The Bertz CT molecular complexity index is 815. The zero-order valence-corrected chi connectivity index (χ0v) is 14.2. The number of nitrogens with zero attached hydrogens (tertiary/aromatic N) is 1. The van der Waals surface area contributed by atoms with Gasteiger partial charge in [-0.25, -0.2) is 0 Å². The van der Waals surface area contributed by atoms with Crippen LogP contribution in [0.25, 0.3) is 0 Å². The van der Waals surface area contributed by atoms with Gasteiger partial charge in [-0.2, -0.15) is 0 Å². The van der Waals surface area contributed by atoms with Crippen molar-refractivity contribution in [3.63, 3.8) is 0 Å². The molecule has 120 valence electrons. The molecule has 0 unspecified atom stereocenters. The van der Waals surface area contributed by atoms with Gasteiger partial charge in [0.15, 0.2) is 0 Å². The van der Waals surface area contributed by atoms with Crippen LogP contribution in [0.4, 0.5) is 11.4 Å². The predicted molar refractivity (Wildman–Crippen MR) is 103 cm³/mol. The van der Waals surface area contributed by atoms with Crippen molar-refractivity contribution in [1.82, 2.24) is 0 Å². The lowest BCUT2D eigenvalue weighted by atomic mass is 10.1. The summed E-state index contributed by atoms with van der Waals surface area (Å²) in [6.45, 7) is 4.99. The van der Waals surface area contributed by atoms with Gasteiger partial charge in [-0.15, -0.1) is 0 Å². The van der Waals surface area contributed by atoms with Crippen LogP contribution in [0.3, 0.4) is 0 Å². The Morgan fingerprint density at radius 2 is 1.54 bits per heavy atom. The highest BCUT2D eigenvalue weighted by molar-refractivity contribution is 5.83. The molecule has 0 bridgehead atoms. The fourth-order valence-electron chi connectivity index (χ4n) is 2.69. The van der Waals surface area contributed by atoms with Crippen LogP contribution in [-0.4, -0.2) is 6.21 Å². The third kappa shape index (κ3) is 4.11. The molecule has 0 spiro atoms. The highest BCUT2D eigenvalue weighted by atomic mass is 14.9. The molecule has 0 aromatic heterocycles. The molecule has 0 aliphatic rings. The van der Waals surface area contributed by atoms with Crippen LogP contribution in [0.15, 0.2) is 77.8 Å². The summed E-state index contributed by atoms with van der Waals surface area (Å²) in [5, 5.41) is 3.44. The third-order valence-electron chi connectivity index (χ3n) is 4.00. The molecule has 0 aliphatic carbocycles. The average Bonchev–Trinajstić information content (AvgIpc) is 2.61. The van der Waals surface area contributed by atoms with E-state index in [1.165, 1.54) is 16.7 Å². The van der Waals surface area contributed by atoms with E-state index in [9.17, 15) is 0 Å². The number of nitrogens with one attached hydrogen (secondary N) is 1. The monoisotopic (exact) mass is 314 g/mol. The summed E-state index contributed by atoms with van der Waals surface area (Å²) < 4.78 is 0. The van der Waals surface area contributed by atoms with E-state index in [2.05, 4.69) is 78.8 Å². The van der Waals surface area contributed by atoms with Gasteiger partial charge in [-0.1, -0.05) is 54.6 Å². The molecule has 0 saturated heterocycles. The first-order valence-electron chi connectivity index (χ1n) is 8.20. The molecule has 0 aliphatic heterocycles. The average molecular weight is 314 g/mol. The van der Waals surface area contributed by atoms with E-state index in [0.29, 0.717) is 0 Å². The van der Waals surface area contributed by atoms with E-state index in [-0.39, 0.29) is 0 Å². The highest BCUT2D eigenvalue weighted by Crippen LogP contribution is 2.22. The lowest BCUT2D eigenvalue weighted by molar-refractivity contribution is 1.15. The zero-order chi connectivity index (χ0) is 16.8. The molecule has 0 atom stereocenters. The summed E-state index contributed by atoms with van der Waals surface area (Å²) >= 11 is 0. The van der Waals surface area contributed by atoms with Crippen molar-refractivity contribution in [2.24, 2.45) is 4.99 Å². The van der Waals surface area contributed by atoms with E-state index in [1.807, 2.05) is 24.4 Å². The van der Waals surface area contributed by atoms with Crippen LogP contribution in [0.2, 0.25) is 0 Å². The van der Waals surface area contributed by atoms with Crippen LogP contribution in [0, 0.1) is 13.8 Å². The van der Waals surface area contributed by atoms with E-state index in [0.717, 1.165) is 23.5 Å². The standard InChI is InChI=1S/C22H22N2/c1-17-8-6-9-18(2)22(17)24-16-20-11-7-10-19(14-20)15-23-21-12-4-3-5-13-21/h3-14,16,23H,15H2,1-2H3. The maximum atomic E-state index is 4.69. The molecular formula is C22H22N2. The van der Waals surface area contributed by atoms with Crippen molar-refractivity contribution in [3.8, 4) is 0 Å². The van der Waals surface area contributed by atoms with Crippen molar-refractivity contribution < 1.29 is 0 Å². The predicted octanol–water partition coefficient (Wildman–Crippen LogP) is 5.67. The number of para-hydroxylation sites is 2. The number of anilines is 1. The normalized spacial score (nSPS) is 10.9. The minimum absolute atomic E-state index is 0.801. The Labute approximate surface area is 143 Å². The summed E-state index contributed by atoms with van der Waals surface area (Å²) in [7, 11) is 0. The van der Waals surface area contributed by atoms with Gasteiger partial charge in [-0.3, -0.25) is 4.99 Å². The fourth-order valence-corrected chi connectivity index (χ4v) is 2.69. The van der Waals surface area contributed by atoms with Crippen LogP contribution >= 0.6 is 0 Å². The molecule has 2 heteroatoms. The first-order valence-corrected chi connectivity index (χ1v) is 8.20. The van der Waals surface area contributed by atoms with Crippen LogP contribution < -0.4 is 5.32 Å². The highest BCUT2D eigenvalue weighted by Gasteiger charge is 1.99. The first-order chi connectivity index (χ1) is 11.7. The van der Waals surface area contributed by atoms with Crippen LogP contribution in [0.5, 0.6) is 0 Å². The molecule has 0 amide bonds. The molecule has 3 rings (SSSR count). The maximum absolute atomic E-state index is 4.69. The molecule has 0 saturated carbocycles. The SMILES string of the molecule is Cc1cccc(C)c1N=Cc1cccc(CNc2ccccc2)c1. The molecule has 1 N–H and O–H groups in total. The lowest BCUT2D eigenvalue weighted by Crippen LogP contribution is -1.99. The summed E-state index contributed by atoms with van der Waals surface area (Å²) in [5.41, 5.74) is 6.95. The van der Waals surface area contributed by atoms with Gasteiger partial charge >= 0.3 is 0 Å². The number of rotatable bonds is 5. The Hall–Kier alpha value is -2.87. The Kier molecular flexibility index (Phi) is 5.07. The Morgan fingerprint density at radius 1 is 0.833 bits per heavy atom. The van der Waals surface area contributed by atoms with Gasteiger partial charge in [0, 0.05) is 18.4 Å². The minimum atomic E-state index is 0.801. The molecule has 0 radical (unpaired) electrons. The van der Waals surface area contributed by atoms with E-state index in [4.69, 9.17) is 0 Å². The first kappa shape index (κ1) is 16.0. The summed E-state index contributed by atoms with van der Waals surface area (Å²) in [6.07, 6.45) is 1.95. The Balaban J connectivity index is 1.72. The second-order valence-corrected chi connectivity index (χ2v) is 5.96. The number of hydrogen-bond donors (Lipinski definition) is 1. The molecule has 2 nitrogen and oxygen atoms in total. The van der Waals surface area contributed by atoms with Crippen molar-refractivity contribution in [2.45, 2.75) is 20.4 Å². The Morgan fingerprint density at radius 3 is 2.29 bits per heavy atom. The molecule has 0 fully saturated rings. The van der Waals surface area contributed by atoms with Gasteiger partial charge in [0.25, 0.3) is 0 Å². The van der Waals surface area contributed by atoms with Crippen molar-refractivity contribution >= 4 is 17.6 Å². The van der Waals surface area contributed by atoms with Gasteiger partial charge in [-0.05, 0) is 54.3 Å². The third-order valence-corrected chi connectivity index (χ3v) is 4.00. The lowest BCUT2D eigenvalue weighted by Gasteiger charge is -2.07. The van der Waals surface area contributed by atoms with E-state index >= 15 is 0 Å². The number of benzene rings is 3. The summed E-state index contributed by atoms with van der Waals surface area (Å²) in [6, 6.07) is 25.0. The van der Waals surface area contributed by atoms with Gasteiger partial charge < -0.3 is 5.32 Å². The maximum Gasteiger partial charge on any atom is 0.0688 e. The summed E-state index contributed by atoms with van der Waals surface area (Å²) in [4.78, 5) is 4.69. The quantitative estimate of drug-likeness (QED) is 0.603. The summed E-state index contributed by atoms with van der Waals surface area (Å²) in [5.74, 6) is 0. The van der Waals surface area contributed by atoms with Gasteiger partial charge in [0.05, 0.1) is 5.69 Å². The molecule has 24 heavy (non-hydrogen) atoms. The molecule has 0 heterocycles. The minimum Gasteiger partial charge on any atom is -0.381 e. The van der Waals surface area contributed by atoms with E-state index < -0.39 is 0 Å². The second kappa shape index (κ2) is 7.60. The zero-order valence-electron chi connectivity index (χ0n) is 14.2. The number of aryl methyl sites for hydroxylation is 2.